The SMILES string of the molecule is NCC1CCC(C(=O)c2ccsc2)O1. The largest absolute Gasteiger partial charge is 0.366 e. The molecule has 0 spiro atoms. The molecule has 2 N–H and O–H groups in total. The standard InChI is InChI=1S/C10H13NO2S/c11-5-8-1-2-9(13-8)10(12)7-3-4-14-6-7/h3-4,6,8-9H,1-2,5,11H2. The molecule has 0 bridgehead atoms. The van der Waals surface area contributed by atoms with Gasteiger partial charge in [-0.2, -0.15) is 11.3 Å². The quantitative estimate of drug-likeness (QED) is 0.770. The lowest BCUT2D eigenvalue weighted by molar-refractivity contribution is 0.0404. The lowest BCUT2D eigenvalue weighted by Gasteiger charge is -2.09. The van der Waals surface area contributed by atoms with Crippen LogP contribution in [-0.4, -0.2) is 24.5 Å². The van der Waals surface area contributed by atoms with Gasteiger partial charge in [0.15, 0.2) is 5.78 Å². The van der Waals surface area contributed by atoms with Gasteiger partial charge in [0.2, 0.25) is 0 Å². The van der Waals surface area contributed by atoms with Crippen LogP contribution in [0.1, 0.15) is 23.2 Å². The van der Waals surface area contributed by atoms with Crippen LogP contribution < -0.4 is 5.73 Å². The molecule has 1 aliphatic heterocycles. The predicted molar refractivity (Wildman–Crippen MR) is 55.6 cm³/mol. The molecule has 0 aromatic carbocycles. The highest BCUT2D eigenvalue weighted by molar-refractivity contribution is 7.08. The van der Waals surface area contributed by atoms with Crippen LogP contribution in [0.5, 0.6) is 0 Å². The van der Waals surface area contributed by atoms with E-state index in [2.05, 4.69) is 0 Å². The number of carbonyl (C=O) groups is 1. The first kappa shape index (κ1) is 9.83. The van der Waals surface area contributed by atoms with E-state index in [1.807, 2.05) is 16.8 Å². The fraction of sp³-hybridized carbons (Fsp3) is 0.500. The highest BCUT2D eigenvalue weighted by atomic mass is 32.1. The minimum Gasteiger partial charge on any atom is -0.366 e. The summed E-state index contributed by atoms with van der Waals surface area (Å²) < 4.78 is 5.53. The Kier molecular flexibility index (Phi) is 2.96. The molecule has 3 nitrogen and oxygen atoms in total. The number of ketones is 1. The van der Waals surface area contributed by atoms with E-state index in [1.165, 1.54) is 11.3 Å². The molecule has 1 fully saturated rings. The van der Waals surface area contributed by atoms with E-state index in [9.17, 15) is 4.79 Å². The Morgan fingerprint density at radius 1 is 1.64 bits per heavy atom. The van der Waals surface area contributed by atoms with E-state index in [1.54, 1.807) is 0 Å². The first-order valence-corrected chi connectivity index (χ1v) is 5.67. The Hall–Kier alpha value is -0.710. The summed E-state index contributed by atoms with van der Waals surface area (Å²) in [6.45, 7) is 0.507. The van der Waals surface area contributed by atoms with Crippen LogP contribution in [0.15, 0.2) is 16.8 Å². The number of carbonyl (C=O) groups excluding carboxylic acids is 1. The number of Topliss-reactive ketones (excluding diaryl/α,β-unsaturated/α-hetero) is 1. The molecule has 1 saturated heterocycles. The highest BCUT2D eigenvalue weighted by Gasteiger charge is 2.30. The Labute approximate surface area is 86.9 Å². The molecule has 1 aromatic heterocycles. The molecule has 2 unspecified atom stereocenters. The third-order valence-corrected chi connectivity index (χ3v) is 3.15. The maximum absolute atomic E-state index is 11.8. The maximum Gasteiger partial charge on any atom is 0.192 e. The number of hydrogen-bond donors (Lipinski definition) is 1. The monoisotopic (exact) mass is 211 g/mol. The topological polar surface area (TPSA) is 52.3 Å². The van der Waals surface area contributed by atoms with Crippen molar-refractivity contribution < 1.29 is 9.53 Å². The van der Waals surface area contributed by atoms with Crippen molar-refractivity contribution in [2.75, 3.05) is 6.54 Å². The average Bonchev–Trinajstić information content (AvgIpc) is 2.88. The molecule has 0 radical (unpaired) electrons. The first-order valence-electron chi connectivity index (χ1n) is 4.73. The van der Waals surface area contributed by atoms with Crippen molar-refractivity contribution in [3.05, 3.63) is 22.4 Å². The van der Waals surface area contributed by atoms with Crippen LogP contribution in [0.25, 0.3) is 0 Å². The minimum absolute atomic E-state index is 0.0718. The second-order valence-corrected chi connectivity index (χ2v) is 4.22. The van der Waals surface area contributed by atoms with E-state index < -0.39 is 0 Å². The molecule has 2 rings (SSSR count). The van der Waals surface area contributed by atoms with Gasteiger partial charge < -0.3 is 10.5 Å². The van der Waals surface area contributed by atoms with Gasteiger partial charge in [0.05, 0.1) is 6.10 Å². The first-order chi connectivity index (χ1) is 6.81. The van der Waals surface area contributed by atoms with Crippen LogP contribution in [0.4, 0.5) is 0 Å². The fourth-order valence-corrected chi connectivity index (χ4v) is 2.31. The van der Waals surface area contributed by atoms with Crippen LogP contribution in [0.2, 0.25) is 0 Å². The van der Waals surface area contributed by atoms with E-state index in [0.717, 1.165) is 18.4 Å². The summed E-state index contributed by atoms with van der Waals surface area (Å²) in [6.07, 6.45) is 1.51. The van der Waals surface area contributed by atoms with Crippen molar-refractivity contribution in [2.45, 2.75) is 25.0 Å². The normalized spacial score (nSPS) is 26.6. The zero-order chi connectivity index (χ0) is 9.97. The van der Waals surface area contributed by atoms with Gasteiger partial charge in [-0.25, -0.2) is 0 Å². The molecule has 0 amide bonds. The van der Waals surface area contributed by atoms with E-state index >= 15 is 0 Å². The van der Waals surface area contributed by atoms with Crippen molar-refractivity contribution in [3.8, 4) is 0 Å². The van der Waals surface area contributed by atoms with Crippen molar-refractivity contribution in [1.82, 2.24) is 0 Å². The summed E-state index contributed by atoms with van der Waals surface area (Å²) in [5.41, 5.74) is 6.24. The molecule has 14 heavy (non-hydrogen) atoms. The minimum atomic E-state index is -0.266. The number of hydrogen-bond acceptors (Lipinski definition) is 4. The van der Waals surface area contributed by atoms with Gasteiger partial charge in [0, 0.05) is 17.5 Å². The van der Waals surface area contributed by atoms with Gasteiger partial charge >= 0.3 is 0 Å². The fourth-order valence-electron chi connectivity index (χ4n) is 1.66. The Bertz CT molecular complexity index is 310. The predicted octanol–water partition coefficient (Wildman–Crippen LogP) is 1.44. The number of nitrogens with two attached hydrogens (primary N) is 1. The summed E-state index contributed by atoms with van der Waals surface area (Å²) in [6, 6.07) is 1.84. The zero-order valence-electron chi connectivity index (χ0n) is 7.81. The lowest BCUT2D eigenvalue weighted by Crippen LogP contribution is -2.24. The molecule has 0 aliphatic carbocycles. The Balaban J connectivity index is 2.00. The second-order valence-electron chi connectivity index (χ2n) is 3.44. The summed E-state index contributed by atoms with van der Waals surface area (Å²) in [5, 5.41) is 3.77. The smallest absolute Gasteiger partial charge is 0.192 e. The lowest BCUT2D eigenvalue weighted by atomic mass is 10.1. The third-order valence-electron chi connectivity index (χ3n) is 2.47. The van der Waals surface area contributed by atoms with Crippen molar-refractivity contribution >= 4 is 17.1 Å². The Morgan fingerprint density at radius 2 is 2.50 bits per heavy atom. The van der Waals surface area contributed by atoms with Crippen molar-refractivity contribution in [2.24, 2.45) is 5.73 Å². The van der Waals surface area contributed by atoms with E-state index in [-0.39, 0.29) is 18.0 Å². The number of rotatable bonds is 3. The van der Waals surface area contributed by atoms with E-state index in [4.69, 9.17) is 10.5 Å². The zero-order valence-corrected chi connectivity index (χ0v) is 8.63. The van der Waals surface area contributed by atoms with E-state index in [0.29, 0.717) is 6.54 Å². The van der Waals surface area contributed by atoms with Gasteiger partial charge in [0.25, 0.3) is 0 Å². The maximum atomic E-state index is 11.8. The van der Waals surface area contributed by atoms with Gasteiger partial charge in [-0.3, -0.25) is 4.79 Å². The van der Waals surface area contributed by atoms with Crippen molar-refractivity contribution in [3.63, 3.8) is 0 Å². The van der Waals surface area contributed by atoms with Crippen molar-refractivity contribution in [1.29, 1.82) is 0 Å². The van der Waals surface area contributed by atoms with Gasteiger partial charge in [-0.15, -0.1) is 0 Å². The number of ether oxygens (including phenoxy) is 1. The third kappa shape index (κ3) is 1.87. The molecule has 2 heterocycles. The van der Waals surface area contributed by atoms with Crippen LogP contribution >= 0.6 is 11.3 Å². The summed E-state index contributed by atoms with van der Waals surface area (Å²) in [5.74, 6) is 0.0993. The summed E-state index contributed by atoms with van der Waals surface area (Å²) in [7, 11) is 0. The summed E-state index contributed by atoms with van der Waals surface area (Å²) in [4.78, 5) is 11.8. The van der Waals surface area contributed by atoms with Gasteiger partial charge in [-0.05, 0) is 24.3 Å². The molecule has 0 saturated carbocycles. The molecular weight excluding hydrogens is 198 g/mol. The Morgan fingerprint density at radius 3 is 3.07 bits per heavy atom. The molecule has 1 aliphatic rings. The van der Waals surface area contributed by atoms with Gasteiger partial charge in [-0.1, -0.05) is 0 Å². The molecule has 76 valence electrons. The molecule has 2 atom stereocenters. The van der Waals surface area contributed by atoms with Crippen LogP contribution in [0, 0.1) is 0 Å². The molecule has 1 aromatic rings. The number of thiophene rings is 1. The second kappa shape index (κ2) is 4.21. The van der Waals surface area contributed by atoms with Gasteiger partial charge in [0.1, 0.15) is 6.10 Å². The molecule has 4 heteroatoms. The summed E-state index contributed by atoms with van der Waals surface area (Å²) >= 11 is 1.53. The average molecular weight is 211 g/mol. The van der Waals surface area contributed by atoms with Crippen LogP contribution in [0.3, 0.4) is 0 Å². The van der Waals surface area contributed by atoms with Crippen LogP contribution in [-0.2, 0) is 4.74 Å². The molecular formula is C10H13NO2S. The highest BCUT2D eigenvalue weighted by Crippen LogP contribution is 2.23.